The number of hydrogen-bond acceptors (Lipinski definition) is 3. The van der Waals surface area contributed by atoms with Gasteiger partial charge in [-0.2, -0.15) is 0 Å². The molecule has 0 amide bonds. The molecule has 0 unspecified atom stereocenters. The van der Waals surface area contributed by atoms with Crippen molar-refractivity contribution >= 4 is 12.2 Å². The summed E-state index contributed by atoms with van der Waals surface area (Å²) < 4.78 is 6.49. The summed E-state index contributed by atoms with van der Waals surface area (Å²) in [5.74, 6) is 0.871. The lowest BCUT2D eigenvalue weighted by molar-refractivity contribution is -0.0514. The van der Waals surface area contributed by atoms with Crippen LogP contribution in [0.4, 0.5) is 0 Å². The number of benzene rings is 1. The van der Waals surface area contributed by atoms with Crippen LogP contribution in [0.25, 0.3) is 11.3 Å². The van der Waals surface area contributed by atoms with E-state index in [-0.39, 0.29) is 5.60 Å². The minimum Gasteiger partial charge on any atom is -0.370 e. The normalized spacial score (nSPS) is 17.6. The zero-order valence-corrected chi connectivity index (χ0v) is 13.1. The molecule has 0 spiro atoms. The third kappa shape index (κ3) is 2.92. The smallest absolute Gasteiger partial charge is 0.140 e. The van der Waals surface area contributed by atoms with Crippen molar-refractivity contribution in [2.45, 2.75) is 37.7 Å². The fraction of sp³-hybridized carbons (Fsp3) is 0.412. The van der Waals surface area contributed by atoms with Crippen LogP contribution in [0.2, 0.25) is 0 Å². The average Bonchev–Trinajstić information content (AvgIpc) is 2.56. The third-order valence-electron chi connectivity index (χ3n) is 4.31. The van der Waals surface area contributed by atoms with E-state index in [0.717, 1.165) is 29.9 Å². The molecule has 1 aromatic carbocycles. The number of aromatic amines is 1. The van der Waals surface area contributed by atoms with E-state index in [1.54, 1.807) is 7.11 Å². The molecule has 1 fully saturated rings. The highest BCUT2D eigenvalue weighted by Crippen LogP contribution is 2.38. The van der Waals surface area contributed by atoms with Gasteiger partial charge in [0.15, 0.2) is 0 Å². The van der Waals surface area contributed by atoms with Gasteiger partial charge in [0.25, 0.3) is 0 Å². The summed E-state index contributed by atoms with van der Waals surface area (Å²) >= 11 is 5.37. The molecule has 21 heavy (non-hydrogen) atoms. The number of aromatic nitrogens is 2. The predicted octanol–water partition coefficient (Wildman–Crippen LogP) is 4.61. The van der Waals surface area contributed by atoms with Crippen molar-refractivity contribution < 1.29 is 4.74 Å². The van der Waals surface area contributed by atoms with E-state index >= 15 is 0 Å². The number of H-pyrrole nitrogens is 1. The van der Waals surface area contributed by atoms with Crippen LogP contribution in [0.1, 0.15) is 37.9 Å². The van der Waals surface area contributed by atoms with Crippen LogP contribution < -0.4 is 0 Å². The Labute approximate surface area is 130 Å². The predicted molar refractivity (Wildman–Crippen MR) is 86.6 cm³/mol. The Morgan fingerprint density at radius 2 is 1.86 bits per heavy atom. The van der Waals surface area contributed by atoms with Crippen molar-refractivity contribution in [2.75, 3.05) is 7.11 Å². The largest absolute Gasteiger partial charge is 0.370 e. The number of nitrogens with zero attached hydrogens (tertiary/aromatic N) is 1. The first-order valence-corrected chi connectivity index (χ1v) is 7.87. The Kier molecular flexibility index (Phi) is 4.17. The summed E-state index contributed by atoms with van der Waals surface area (Å²) in [6.07, 6.45) is 5.61. The molecule has 0 aliphatic heterocycles. The highest BCUT2D eigenvalue weighted by Gasteiger charge is 2.36. The van der Waals surface area contributed by atoms with E-state index in [4.69, 9.17) is 17.0 Å². The van der Waals surface area contributed by atoms with Crippen LogP contribution in [-0.2, 0) is 10.3 Å². The summed E-state index contributed by atoms with van der Waals surface area (Å²) in [6, 6.07) is 12.1. The molecule has 1 heterocycles. The van der Waals surface area contributed by atoms with Crippen molar-refractivity contribution in [1.82, 2.24) is 9.97 Å². The molecule has 1 saturated carbocycles. The molecule has 0 saturated heterocycles. The quantitative estimate of drug-likeness (QED) is 0.841. The maximum atomic E-state index is 5.87. The zero-order chi connectivity index (χ0) is 14.7. The van der Waals surface area contributed by atoms with Crippen molar-refractivity contribution in [3.63, 3.8) is 0 Å². The Bertz CT molecular complexity index is 660. The maximum Gasteiger partial charge on any atom is 0.140 e. The molecule has 110 valence electrons. The summed E-state index contributed by atoms with van der Waals surface area (Å²) in [7, 11) is 1.78. The molecule has 0 bridgehead atoms. The van der Waals surface area contributed by atoms with Gasteiger partial charge in [-0.1, -0.05) is 61.8 Å². The van der Waals surface area contributed by atoms with Crippen molar-refractivity contribution in [3.05, 3.63) is 46.9 Å². The van der Waals surface area contributed by atoms with E-state index in [9.17, 15) is 0 Å². The number of nitrogens with one attached hydrogen (secondary N) is 1. The fourth-order valence-corrected chi connectivity index (χ4v) is 3.32. The van der Waals surface area contributed by atoms with Gasteiger partial charge in [0, 0.05) is 12.8 Å². The molecule has 3 rings (SSSR count). The number of rotatable bonds is 3. The third-order valence-corrected chi connectivity index (χ3v) is 4.52. The lowest BCUT2D eigenvalue weighted by Crippen LogP contribution is -2.33. The van der Waals surface area contributed by atoms with E-state index in [0.29, 0.717) is 4.64 Å². The summed E-state index contributed by atoms with van der Waals surface area (Å²) in [5, 5.41) is 0. The SMILES string of the molecule is COC1(c2nc(=S)cc(-c3ccccc3)[nH]2)CCCCC1. The number of ether oxygens (including phenoxy) is 1. The van der Waals surface area contributed by atoms with Crippen LogP contribution in [0.15, 0.2) is 36.4 Å². The standard InChI is InChI=1S/C17H20N2OS/c1-20-17(10-6-3-7-11-17)16-18-14(12-15(21)19-16)13-8-4-2-5-9-13/h2,4-5,8-9,12H,3,6-7,10-11H2,1H3,(H,18,19,21). The van der Waals surface area contributed by atoms with Crippen LogP contribution in [0.5, 0.6) is 0 Å². The van der Waals surface area contributed by atoms with E-state index in [1.807, 2.05) is 24.3 Å². The molecule has 1 aliphatic carbocycles. The Morgan fingerprint density at radius 3 is 2.52 bits per heavy atom. The first kappa shape index (κ1) is 14.4. The van der Waals surface area contributed by atoms with Gasteiger partial charge < -0.3 is 9.72 Å². The van der Waals surface area contributed by atoms with Gasteiger partial charge in [0.1, 0.15) is 16.1 Å². The molecule has 0 atom stereocenters. The van der Waals surface area contributed by atoms with Gasteiger partial charge in [0.2, 0.25) is 0 Å². The Hall–Kier alpha value is -1.52. The van der Waals surface area contributed by atoms with Gasteiger partial charge >= 0.3 is 0 Å². The monoisotopic (exact) mass is 300 g/mol. The Morgan fingerprint density at radius 1 is 1.14 bits per heavy atom. The molecule has 3 nitrogen and oxygen atoms in total. The van der Waals surface area contributed by atoms with Crippen LogP contribution in [-0.4, -0.2) is 17.1 Å². The second-order valence-corrected chi connectivity index (χ2v) is 6.03. The summed E-state index contributed by atoms with van der Waals surface area (Å²) in [6.45, 7) is 0. The second kappa shape index (κ2) is 6.08. The molecule has 2 aromatic rings. The molecule has 1 aromatic heterocycles. The van der Waals surface area contributed by atoms with Gasteiger partial charge in [-0.15, -0.1) is 0 Å². The topological polar surface area (TPSA) is 37.9 Å². The zero-order valence-electron chi connectivity index (χ0n) is 12.3. The lowest BCUT2D eigenvalue weighted by Gasteiger charge is -2.35. The van der Waals surface area contributed by atoms with E-state index in [2.05, 4.69) is 22.1 Å². The van der Waals surface area contributed by atoms with Crippen LogP contribution in [0.3, 0.4) is 0 Å². The molecule has 1 aliphatic rings. The highest BCUT2D eigenvalue weighted by atomic mass is 32.1. The molecular formula is C17H20N2OS. The molecular weight excluding hydrogens is 280 g/mol. The minimum absolute atomic E-state index is 0.309. The van der Waals surface area contributed by atoms with Crippen molar-refractivity contribution in [1.29, 1.82) is 0 Å². The van der Waals surface area contributed by atoms with Crippen molar-refractivity contribution in [3.8, 4) is 11.3 Å². The minimum atomic E-state index is -0.309. The van der Waals surface area contributed by atoms with E-state index < -0.39 is 0 Å². The molecule has 0 radical (unpaired) electrons. The van der Waals surface area contributed by atoms with Crippen molar-refractivity contribution in [2.24, 2.45) is 0 Å². The summed E-state index contributed by atoms with van der Waals surface area (Å²) in [4.78, 5) is 8.02. The van der Waals surface area contributed by atoms with Gasteiger partial charge in [-0.25, -0.2) is 4.98 Å². The van der Waals surface area contributed by atoms with Gasteiger partial charge in [-0.3, -0.25) is 0 Å². The number of methoxy groups -OCH3 is 1. The highest BCUT2D eigenvalue weighted by molar-refractivity contribution is 7.71. The Balaban J connectivity index is 2.07. The first-order chi connectivity index (χ1) is 10.2. The number of hydrogen-bond donors (Lipinski definition) is 1. The average molecular weight is 300 g/mol. The fourth-order valence-electron chi connectivity index (χ4n) is 3.11. The van der Waals surface area contributed by atoms with Crippen LogP contribution in [0, 0.1) is 4.64 Å². The molecule has 1 N–H and O–H groups in total. The van der Waals surface area contributed by atoms with Gasteiger partial charge in [0.05, 0.1) is 0 Å². The van der Waals surface area contributed by atoms with E-state index in [1.165, 1.54) is 19.3 Å². The first-order valence-electron chi connectivity index (χ1n) is 7.46. The second-order valence-electron chi connectivity index (χ2n) is 5.61. The maximum absolute atomic E-state index is 5.87. The van der Waals surface area contributed by atoms with Gasteiger partial charge in [-0.05, 0) is 24.5 Å². The lowest BCUT2D eigenvalue weighted by atomic mass is 9.84. The summed E-state index contributed by atoms with van der Waals surface area (Å²) in [5.41, 5.74) is 1.82. The van der Waals surface area contributed by atoms with Crippen LogP contribution >= 0.6 is 12.2 Å². The molecule has 4 heteroatoms.